The lowest BCUT2D eigenvalue weighted by Gasteiger charge is -2.18. The van der Waals surface area contributed by atoms with E-state index in [0.29, 0.717) is 23.3 Å². The summed E-state index contributed by atoms with van der Waals surface area (Å²) in [6.07, 6.45) is 3.31. The fourth-order valence-electron chi connectivity index (χ4n) is 2.64. The Bertz CT molecular complexity index is 1040. The molecule has 7 nitrogen and oxygen atoms in total. The van der Waals surface area contributed by atoms with E-state index in [1.165, 1.54) is 6.92 Å². The van der Waals surface area contributed by atoms with E-state index in [1.54, 1.807) is 31.2 Å². The second-order valence-corrected chi connectivity index (χ2v) is 6.10. The number of rotatable bonds is 7. The van der Waals surface area contributed by atoms with Gasteiger partial charge < -0.3 is 9.57 Å². The molecule has 1 aromatic heterocycles. The second kappa shape index (κ2) is 8.96. The number of ether oxygens (including phenoxy) is 1. The van der Waals surface area contributed by atoms with Crippen molar-refractivity contribution in [1.29, 1.82) is 0 Å². The van der Waals surface area contributed by atoms with Crippen molar-refractivity contribution in [3.05, 3.63) is 82.4 Å². The first-order valence-corrected chi connectivity index (χ1v) is 8.84. The summed E-state index contributed by atoms with van der Waals surface area (Å²) in [6.45, 7) is 3.34. The zero-order valence-corrected chi connectivity index (χ0v) is 15.7. The van der Waals surface area contributed by atoms with E-state index in [0.717, 1.165) is 10.2 Å². The first kappa shape index (κ1) is 19.3. The molecule has 0 spiro atoms. The zero-order valence-electron chi connectivity index (χ0n) is 15.7. The first-order valence-electron chi connectivity index (χ1n) is 8.84. The number of fused-ring (bicyclic) bond motifs is 1. The predicted octanol–water partition coefficient (Wildman–Crippen LogP) is 3.21. The van der Waals surface area contributed by atoms with Crippen LogP contribution >= 0.6 is 0 Å². The maximum atomic E-state index is 12.8. The van der Waals surface area contributed by atoms with Gasteiger partial charge in [-0.05, 0) is 24.6 Å². The van der Waals surface area contributed by atoms with Crippen molar-refractivity contribution in [3.63, 3.8) is 0 Å². The molecule has 28 heavy (non-hydrogen) atoms. The molecule has 144 valence electrons. The van der Waals surface area contributed by atoms with E-state index < -0.39 is 12.1 Å². The third kappa shape index (κ3) is 4.63. The molecule has 0 bridgehead atoms. The summed E-state index contributed by atoms with van der Waals surface area (Å²) in [5.41, 5.74) is 3.59. The van der Waals surface area contributed by atoms with Gasteiger partial charge in [-0.3, -0.25) is 4.79 Å². The van der Waals surface area contributed by atoms with E-state index in [1.807, 2.05) is 42.5 Å². The smallest absolute Gasteiger partial charge is 0.331 e. The lowest BCUT2D eigenvalue weighted by Crippen LogP contribution is -2.35. The van der Waals surface area contributed by atoms with Crippen molar-refractivity contribution in [1.82, 2.24) is 9.66 Å². The fourth-order valence-corrected chi connectivity index (χ4v) is 2.64. The van der Waals surface area contributed by atoms with Crippen molar-refractivity contribution in [3.8, 4) is 0 Å². The van der Waals surface area contributed by atoms with E-state index in [-0.39, 0.29) is 5.56 Å². The van der Waals surface area contributed by atoms with Crippen molar-refractivity contribution in [2.45, 2.75) is 20.0 Å². The molecule has 0 radical (unpaired) electrons. The van der Waals surface area contributed by atoms with Crippen LogP contribution in [0, 0.1) is 0 Å². The van der Waals surface area contributed by atoms with Gasteiger partial charge in [0.15, 0.2) is 5.82 Å². The standard InChI is InChI=1S/C21H21N3O4/c1-15(27-14-8-11-17-9-4-3-5-10-17)20-22-19-13-7-6-12-18(19)21(26)24(20)23-28-16(2)25/h3-13,15,23H,14H2,1-2H3/b11-8+/t15-/m0/s1. The highest BCUT2D eigenvalue weighted by Crippen LogP contribution is 2.16. The molecule has 1 N–H and O–H groups in total. The Morgan fingerprint density at radius 1 is 1.18 bits per heavy atom. The SMILES string of the molecule is CC(=O)ONn1c([C@H](C)OC/C=C/c2ccccc2)nc2ccccc2c1=O. The van der Waals surface area contributed by atoms with Gasteiger partial charge in [0, 0.05) is 6.92 Å². The number of nitrogens with one attached hydrogen (secondary N) is 1. The Morgan fingerprint density at radius 2 is 1.89 bits per heavy atom. The highest BCUT2D eigenvalue weighted by molar-refractivity contribution is 5.77. The van der Waals surface area contributed by atoms with E-state index in [2.05, 4.69) is 10.6 Å². The minimum atomic E-state index is -0.578. The third-order valence-electron chi connectivity index (χ3n) is 4.00. The molecule has 0 saturated carbocycles. The topological polar surface area (TPSA) is 82.4 Å². The molecule has 0 saturated heterocycles. The number of aromatic nitrogens is 2. The van der Waals surface area contributed by atoms with E-state index in [9.17, 15) is 9.59 Å². The van der Waals surface area contributed by atoms with Crippen LogP contribution in [0.15, 0.2) is 65.5 Å². The van der Waals surface area contributed by atoms with Crippen LogP contribution in [0.4, 0.5) is 0 Å². The predicted molar refractivity (Wildman–Crippen MR) is 107 cm³/mol. The van der Waals surface area contributed by atoms with Crippen molar-refractivity contribution < 1.29 is 14.4 Å². The monoisotopic (exact) mass is 379 g/mol. The maximum absolute atomic E-state index is 12.8. The highest BCUT2D eigenvalue weighted by atomic mass is 16.7. The maximum Gasteiger partial charge on any atom is 0.331 e. The molecule has 3 aromatic rings. The molecular weight excluding hydrogens is 358 g/mol. The van der Waals surface area contributed by atoms with Crippen LogP contribution in [0.5, 0.6) is 0 Å². The van der Waals surface area contributed by atoms with Gasteiger partial charge in [-0.15, -0.1) is 5.59 Å². The largest absolute Gasteiger partial charge is 0.366 e. The summed E-state index contributed by atoms with van der Waals surface area (Å²) in [7, 11) is 0. The third-order valence-corrected chi connectivity index (χ3v) is 4.00. The Kier molecular flexibility index (Phi) is 6.18. The van der Waals surface area contributed by atoms with Crippen molar-refractivity contribution in [2.75, 3.05) is 12.2 Å². The lowest BCUT2D eigenvalue weighted by molar-refractivity contribution is -0.139. The normalized spacial score (nSPS) is 12.2. The molecule has 0 aliphatic heterocycles. The number of para-hydroxylation sites is 1. The fraction of sp³-hybridized carbons (Fsp3) is 0.190. The molecule has 0 aliphatic rings. The Morgan fingerprint density at radius 3 is 2.64 bits per heavy atom. The Balaban J connectivity index is 1.83. The Labute approximate surface area is 162 Å². The van der Waals surface area contributed by atoms with Gasteiger partial charge >= 0.3 is 5.97 Å². The highest BCUT2D eigenvalue weighted by Gasteiger charge is 2.17. The van der Waals surface area contributed by atoms with Crippen LogP contribution in [0.25, 0.3) is 17.0 Å². The lowest BCUT2D eigenvalue weighted by atomic mass is 10.2. The number of hydrogen-bond donors (Lipinski definition) is 1. The minimum absolute atomic E-state index is 0.304. The number of carbonyl (C=O) groups excluding carboxylic acids is 1. The van der Waals surface area contributed by atoms with Gasteiger partial charge in [0.1, 0.15) is 6.10 Å². The van der Waals surface area contributed by atoms with E-state index in [4.69, 9.17) is 9.57 Å². The van der Waals surface area contributed by atoms with Gasteiger partial charge in [-0.25, -0.2) is 9.78 Å². The molecule has 3 rings (SSSR count). The van der Waals surface area contributed by atoms with Crippen molar-refractivity contribution >= 4 is 22.9 Å². The van der Waals surface area contributed by atoms with Crippen LogP contribution in [0.3, 0.4) is 0 Å². The number of hydrogen-bond acceptors (Lipinski definition) is 6. The van der Waals surface area contributed by atoms with Crippen LogP contribution in [0.2, 0.25) is 0 Å². The molecular formula is C21H21N3O4. The van der Waals surface area contributed by atoms with Crippen LogP contribution in [-0.4, -0.2) is 22.2 Å². The molecule has 1 heterocycles. The van der Waals surface area contributed by atoms with E-state index >= 15 is 0 Å². The zero-order chi connectivity index (χ0) is 19.9. The molecule has 7 heteroatoms. The van der Waals surface area contributed by atoms with Crippen LogP contribution in [0.1, 0.15) is 31.3 Å². The summed E-state index contributed by atoms with van der Waals surface area (Å²) >= 11 is 0. The molecule has 0 fully saturated rings. The summed E-state index contributed by atoms with van der Waals surface area (Å²) in [5.74, 6) is -0.275. The molecule has 0 aliphatic carbocycles. The summed E-state index contributed by atoms with van der Waals surface area (Å²) in [4.78, 5) is 33.2. The Hall–Kier alpha value is -3.45. The number of carbonyl (C=O) groups is 1. The van der Waals surface area contributed by atoms with Gasteiger partial charge in [-0.2, -0.15) is 4.68 Å². The average molecular weight is 379 g/mol. The summed E-state index contributed by atoms with van der Waals surface area (Å²) < 4.78 is 6.90. The van der Waals surface area contributed by atoms with Crippen LogP contribution < -0.4 is 11.1 Å². The number of nitrogens with zero attached hydrogens (tertiary/aromatic N) is 2. The summed E-state index contributed by atoms with van der Waals surface area (Å²) in [6, 6.07) is 16.8. The van der Waals surface area contributed by atoms with Crippen LogP contribution in [-0.2, 0) is 14.4 Å². The quantitative estimate of drug-likeness (QED) is 0.635. The van der Waals surface area contributed by atoms with Gasteiger partial charge in [-0.1, -0.05) is 54.6 Å². The summed E-state index contributed by atoms with van der Waals surface area (Å²) in [5, 5.41) is 0.405. The first-order chi connectivity index (χ1) is 13.6. The molecule has 0 amide bonds. The molecule has 0 unspecified atom stereocenters. The van der Waals surface area contributed by atoms with Crippen molar-refractivity contribution in [2.24, 2.45) is 0 Å². The minimum Gasteiger partial charge on any atom is -0.366 e. The van der Waals surface area contributed by atoms with Gasteiger partial charge in [0.2, 0.25) is 0 Å². The van der Waals surface area contributed by atoms with Gasteiger partial charge in [0.25, 0.3) is 5.56 Å². The second-order valence-electron chi connectivity index (χ2n) is 6.10. The van der Waals surface area contributed by atoms with Gasteiger partial charge in [0.05, 0.1) is 17.5 Å². The molecule has 1 atom stereocenters. The number of benzene rings is 2. The molecule has 2 aromatic carbocycles. The average Bonchev–Trinajstić information content (AvgIpc) is 2.71.